The molecule has 1 aromatic carbocycles. The standard InChI is InChI=1S/C16H16ClNO4S/c1-3-18-15(22)11(8-12(19)20)13(16(18)23-2)14(21)9-4-6-10(17)7-5-9/h4-7,16H,3,8H2,1-2H3,(H,19,20)/t16-/m1/s1. The number of carbonyl (C=O) groups is 3. The molecule has 0 radical (unpaired) electrons. The monoisotopic (exact) mass is 353 g/mol. The predicted molar refractivity (Wildman–Crippen MR) is 89.8 cm³/mol. The Morgan fingerprint density at radius 2 is 1.91 bits per heavy atom. The summed E-state index contributed by atoms with van der Waals surface area (Å²) in [5.74, 6) is -1.85. The highest BCUT2D eigenvalue weighted by atomic mass is 35.5. The number of hydrogen-bond donors (Lipinski definition) is 1. The number of hydrogen-bond acceptors (Lipinski definition) is 4. The average Bonchev–Trinajstić information content (AvgIpc) is 2.78. The van der Waals surface area contributed by atoms with Gasteiger partial charge in [-0.2, -0.15) is 0 Å². The fourth-order valence-electron chi connectivity index (χ4n) is 2.58. The minimum Gasteiger partial charge on any atom is -0.481 e. The maximum atomic E-state index is 12.8. The lowest BCUT2D eigenvalue weighted by Gasteiger charge is -2.23. The first-order valence-electron chi connectivity index (χ1n) is 6.99. The van der Waals surface area contributed by atoms with Crippen LogP contribution >= 0.6 is 23.4 Å². The first-order chi connectivity index (χ1) is 10.9. The zero-order valence-electron chi connectivity index (χ0n) is 12.7. The Morgan fingerprint density at radius 1 is 1.30 bits per heavy atom. The summed E-state index contributed by atoms with van der Waals surface area (Å²) < 4.78 is 0. The van der Waals surface area contributed by atoms with Crippen LogP contribution in [0.3, 0.4) is 0 Å². The largest absolute Gasteiger partial charge is 0.481 e. The van der Waals surface area contributed by atoms with Gasteiger partial charge in [-0.25, -0.2) is 0 Å². The van der Waals surface area contributed by atoms with Crippen molar-refractivity contribution < 1.29 is 19.5 Å². The van der Waals surface area contributed by atoms with Crippen molar-refractivity contribution in [3.8, 4) is 0 Å². The van der Waals surface area contributed by atoms with Crippen molar-refractivity contribution in [2.75, 3.05) is 12.8 Å². The number of nitrogens with zero attached hydrogens (tertiary/aromatic N) is 1. The van der Waals surface area contributed by atoms with Crippen LogP contribution in [0, 0.1) is 0 Å². The molecule has 1 aromatic rings. The number of Topliss-reactive ketones (excluding diaryl/α,β-unsaturated/α-hetero) is 1. The van der Waals surface area contributed by atoms with Crippen molar-refractivity contribution in [1.82, 2.24) is 4.90 Å². The van der Waals surface area contributed by atoms with Crippen molar-refractivity contribution in [2.24, 2.45) is 0 Å². The van der Waals surface area contributed by atoms with Crippen molar-refractivity contribution >= 4 is 41.0 Å². The van der Waals surface area contributed by atoms with Gasteiger partial charge >= 0.3 is 5.97 Å². The molecule has 1 amide bonds. The van der Waals surface area contributed by atoms with Crippen LogP contribution in [0.25, 0.3) is 0 Å². The molecule has 1 N–H and O–H groups in total. The van der Waals surface area contributed by atoms with Crippen LogP contribution in [0.1, 0.15) is 23.7 Å². The Kier molecular flexibility index (Phi) is 5.49. The number of ketones is 1. The molecule has 1 aliphatic heterocycles. The van der Waals surface area contributed by atoms with E-state index in [9.17, 15) is 14.4 Å². The number of benzene rings is 1. The van der Waals surface area contributed by atoms with Gasteiger partial charge in [-0.15, -0.1) is 11.8 Å². The second-order valence-corrected chi connectivity index (χ2v) is 6.33. The Bertz CT molecular complexity index is 684. The third kappa shape index (κ3) is 3.43. The lowest BCUT2D eigenvalue weighted by Crippen LogP contribution is -2.34. The Hall–Kier alpha value is -1.79. The highest BCUT2D eigenvalue weighted by Crippen LogP contribution is 2.35. The first-order valence-corrected chi connectivity index (χ1v) is 8.66. The van der Waals surface area contributed by atoms with E-state index in [1.807, 2.05) is 0 Å². The number of carboxylic acids is 1. The second kappa shape index (κ2) is 7.19. The zero-order chi connectivity index (χ0) is 17.1. The smallest absolute Gasteiger partial charge is 0.308 e. The van der Waals surface area contributed by atoms with Crippen LogP contribution in [0.2, 0.25) is 5.02 Å². The lowest BCUT2D eigenvalue weighted by atomic mass is 9.98. The van der Waals surface area contributed by atoms with Crippen molar-refractivity contribution in [2.45, 2.75) is 18.7 Å². The van der Waals surface area contributed by atoms with Crippen molar-refractivity contribution in [3.05, 3.63) is 46.0 Å². The molecule has 1 heterocycles. The molecule has 0 spiro atoms. The highest BCUT2D eigenvalue weighted by molar-refractivity contribution is 7.99. The molecule has 1 aliphatic rings. The molecular formula is C16H16ClNO4S. The highest BCUT2D eigenvalue weighted by Gasteiger charge is 2.41. The molecule has 0 fully saturated rings. The Morgan fingerprint density at radius 3 is 2.39 bits per heavy atom. The van der Waals surface area contributed by atoms with Gasteiger partial charge in [0.15, 0.2) is 5.78 Å². The minimum atomic E-state index is -1.13. The number of amides is 1. The predicted octanol–water partition coefficient (Wildman–Crippen LogP) is 2.85. The van der Waals surface area contributed by atoms with Crippen LogP contribution in [-0.4, -0.2) is 45.8 Å². The van der Waals surface area contributed by atoms with Gasteiger partial charge in [0, 0.05) is 28.3 Å². The normalized spacial score (nSPS) is 17.8. The van der Waals surface area contributed by atoms with Crippen molar-refractivity contribution in [3.63, 3.8) is 0 Å². The van der Waals surface area contributed by atoms with Gasteiger partial charge in [-0.3, -0.25) is 14.4 Å². The van der Waals surface area contributed by atoms with Crippen LogP contribution in [0.15, 0.2) is 35.4 Å². The van der Waals surface area contributed by atoms with Gasteiger partial charge in [0.2, 0.25) is 0 Å². The molecule has 2 rings (SSSR count). The summed E-state index contributed by atoms with van der Waals surface area (Å²) in [6.45, 7) is 2.21. The summed E-state index contributed by atoms with van der Waals surface area (Å²) in [5, 5.41) is 9.11. The summed E-state index contributed by atoms with van der Waals surface area (Å²) in [4.78, 5) is 37.9. The van der Waals surface area contributed by atoms with Gasteiger partial charge in [0.25, 0.3) is 5.91 Å². The quantitative estimate of drug-likeness (QED) is 0.796. The average molecular weight is 354 g/mol. The first kappa shape index (κ1) is 17.6. The van der Waals surface area contributed by atoms with Gasteiger partial charge in [-0.1, -0.05) is 11.6 Å². The van der Waals surface area contributed by atoms with E-state index in [1.54, 1.807) is 37.4 Å². The number of aliphatic carboxylic acids is 1. The van der Waals surface area contributed by atoms with Gasteiger partial charge in [0.05, 0.1) is 6.42 Å². The third-order valence-corrected chi connectivity index (χ3v) is 4.81. The third-order valence-electron chi connectivity index (χ3n) is 3.62. The summed E-state index contributed by atoms with van der Waals surface area (Å²) in [6.07, 6.45) is 1.33. The Labute approximate surface area is 143 Å². The molecule has 7 heteroatoms. The van der Waals surface area contributed by atoms with Gasteiger partial charge < -0.3 is 10.0 Å². The van der Waals surface area contributed by atoms with E-state index in [4.69, 9.17) is 16.7 Å². The summed E-state index contributed by atoms with van der Waals surface area (Å²) >= 11 is 7.17. The summed E-state index contributed by atoms with van der Waals surface area (Å²) in [5.41, 5.74) is 0.713. The molecule has 1 atom stereocenters. The molecule has 0 aromatic heterocycles. The maximum absolute atomic E-state index is 12.8. The van der Waals surface area contributed by atoms with E-state index in [-0.39, 0.29) is 22.8 Å². The summed E-state index contributed by atoms with van der Waals surface area (Å²) in [6, 6.07) is 6.34. The number of halogens is 1. The van der Waals surface area contributed by atoms with E-state index in [1.165, 1.54) is 16.7 Å². The molecule has 0 bridgehead atoms. The number of carbonyl (C=O) groups excluding carboxylic acids is 2. The Balaban J connectivity index is 2.52. The van der Waals surface area contributed by atoms with Crippen molar-refractivity contribution in [1.29, 1.82) is 0 Å². The lowest BCUT2D eigenvalue weighted by molar-refractivity contribution is -0.137. The van der Waals surface area contributed by atoms with E-state index < -0.39 is 17.8 Å². The molecule has 0 saturated carbocycles. The van der Waals surface area contributed by atoms with Crippen LogP contribution in [0.5, 0.6) is 0 Å². The molecule has 0 aliphatic carbocycles. The van der Waals surface area contributed by atoms with Crippen LogP contribution in [0.4, 0.5) is 0 Å². The molecule has 122 valence electrons. The number of rotatable bonds is 6. The van der Waals surface area contributed by atoms with Gasteiger partial charge in [-0.05, 0) is 37.4 Å². The molecular weight excluding hydrogens is 338 g/mol. The molecule has 5 nitrogen and oxygen atoms in total. The maximum Gasteiger partial charge on any atom is 0.308 e. The molecule has 0 saturated heterocycles. The van der Waals surface area contributed by atoms with E-state index in [0.717, 1.165) is 0 Å². The number of thioether (sulfide) groups is 1. The van der Waals surface area contributed by atoms with Crippen LogP contribution < -0.4 is 0 Å². The van der Waals surface area contributed by atoms with E-state index >= 15 is 0 Å². The fraction of sp³-hybridized carbons (Fsp3) is 0.312. The SMILES string of the molecule is CCN1C(=O)C(CC(=O)O)=C(C(=O)c2ccc(Cl)cc2)[C@H]1SC. The number of likely N-dealkylation sites (N-methyl/N-ethyl adjacent to an activating group) is 1. The van der Waals surface area contributed by atoms with E-state index in [0.29, 0.717) is 17.1 Å². The van der Waals surface area contributed by atoms with Crippen LogP contribution in [-0.2, 0) is 9.59 Å². The molecule has 23 heavy (non-hydrogen) atoms. The summed E-state index contributed by atoms with van der Waals surface area (Å²) in [7, 11) is 0. The molecule has 0 unspecified atom stereocenters. The fourth-order valence-corrected chi connectivity index (χ4v) is 3.69. The van der Waals surface area contributed by atoms with Gasteiger partial charge in [0.1, 0.15) is 5.37 Å². The zero-order valence-corrected chi connectivity index (χ0v) is 14.3. The number of carboxylic acid groups (broad SMARTS) is 1. The van der Waals surface area contributed by atoms with E-state index in [2.05, 4.69) is 0 Å². The second-order valence-electron chi connectivity index (χ2n) is 4.98. The topological polar surface area (TPSA) is 74.7 Å². The minimum absolute atomic E-state index is 0.0682.